The van der Waals surface area contributed by atoms with E-state index in [0.717, 1.165) is 10.0 Å². The van der Waals surface area contributed by atoms with Crippen LogP contribution in [0, 0.1) is 0 Å². The number of nitrogen functional groups attached to an aromatic ring is 1. The van der Waals surface area contributed by atoms with Gasteiger partial charge in [0, 0.05) is 22.3 Å². The van der Waals surface area contributed by atoms with Gasteiger partial charge in [-0.3, -0.25) is 4.79 Å². The van der Waals surface area contributed by atoms with Gasteiger partial charge in [0.05, 0.1) is 5.56 Å². The van der Waals surface area contributed by atoms with E-state index in [1.165, 1.54) is 6.07 Å². The second-order valence-corrected chi connectivity index (χ2v) is 5.14. The number of anilines is 1. The second kappa shape index (κ2) is 4.97. The molecule has 0 fully saturated rings. The summed E-state index contributed by atoms with van der Waals surface area (Å²) in [4.78, 5) is 13.7. The maximum Gasteiger partial charge on any atom is 0.247 e. The number of halogens is 1. The van der Waals surface area contributed by atoms with E-state index in [1.54, 1.807) is 12.3 Å². The van der Waals surface area contributed by atoms with E-state index in [2.05, 4.69) is 26.1 Å². The first-order valence-electron chi connectivity index (χ1n) is 5.85. The second-order valence-electron chi connectivity index (χ2n) is 4.22. The van der Waals surface area contributed by atoms with Crippen molar-refractivity contribution in [3.8, 4) is 22.5 Å². The van der Waals surface area contributed by atoms with E-state index in [0.29, 0.717) is 22.7 Å². The van der Waals surface area contributed by atoms with Gasteiger partial charge in [-0.25, -0.2) is 0 Å². The molecule has 0 aliphatic rings. The van der Waals surface area contributed by atoms with Gasteiger partial charge in [0.1, 0.15) is 0 Å². The van der Waals surface area contributed by atoms with Gasteiger partial charge in [0.15, 0.2) is 11.6 Å². The van der Waals surface area contributed by atoms with Crippen LogP contribution in [-0.2, 0) is 0 Å². The van der Waals surface area contributed by atoms with Crippen LogP contribution < -0.4 is 11.3 Å². The van der Waals surface area contributed by atoms with Crippen LogP contribution in [-0.4, -0.2) is 10.1 Å². The summed E-state index contributed by atoms with van der Waals surface area (Å²) in [5, 5.41) is 3.81. The third kappa shape index (κ3) is 2.25. The van der Waals surface area contributed by atoms with Crippen molar-refractivity contribution < 1.29 is 4.52 Å². The normalized spacial score (nSPS) is 10.7. The molecule has 0 unspecified atom stereocenters. The number of nitrogens with zero attached hydrogens (tertiary/aromatic N) is 1. The van der Waals surface area contributed by atoms with E-state index >= 15 is 0 Å². The lowest BCUT2D eigenvalue weighted by Crippen LogP contribution is -2.01. The van der Waals surface area contributed by atoms with E-state index in [1.807, 2.05) is 24.3 Å². The Labute approximate surface area is 122 Å². The van der Waals surface area contributed by atoms with Crippen molar-refractivity contribution in [3.05, 3.63) is 57.4 Å². The molecule has 0 radical (unpaired) electrons. The van der Waals surface area contributed by atoms with Crippen molar-refractivity contribution >= 4 is 21.7 Å². The quantitative estimate of drug-likeness (QED) is 0.755. The number of aromatic nitrogens is 2. The van der Waals surface area contributed by atoms with Gasteiger partial charge in [0.25, 0.3) is 0 Å². The minimum atomic E-state index is -0.175. The molecule has 1 aromatic carbocycles. The average molecular weight is 332 g/mol. The highest BCUT2D eigenvalue weighted by Gasteiger charge is 2.17. The third-order valence-electron chi connectivity index (χ3n) is 2.90. The summed E-state index contributed by atoms with van der Waals surface area (Å²) in [7, 11) is 0. The Kier molecular flexibility index (Phi) is 3.15. The van der Waals surface area contributed by atoms with Crippen molar-refractivity contribution in [1.29, 1.82) is 0 Å². The summed E-state index contributed by atoms with van der Waals surface area (Å²) >= 11 is 3.39. The number of nitrogens with two attached hydrogens (primary N) is 1. The summed E-state index contributed by atoms with van der Waals surface area (Å²) < 4.78 is 6.27. The first-order valence-corrected chi connectivity index (χ1v) is 6.64. The number of hydrogen-bond donors (Lipinski definition) is 2. The number of aromatic amines is 1. The zero-order valence-corrected chi connectivity index (χ0v) is 11.8. The highest BCUT2D eigenvalue weighted by molar-refractivity contribution is 9.10. The minimum Gasteiger partial charge on any atom is -0.380 e. The zero-order valence-electron chi connectivity index (χ0n) is 10.3. The van der Waals surface area contributed by atoms with E-state index in [4.69, 9.17) is 10.3 Å². The number of pyridine rings is 1. The van der Waals surface area contributed by atoms with Crippen LogP contribution in [0.4, 0.5) is 5.82 Å². The van der Waals surface area contributed by atoms with Gasteiger partial charge >= 0.3 is 0 Å². The van der Waals surface area contributed by atoms with E-state index < -0.39 is 0 Å². The fourth-order valence-electron chi connectivity index (χ4n) is 1.95. The smallest absolute Gasteiger partial charge is 0.247 e. The fraction of sp³-hybridized carbons (Fsp3) is 0. The Morgan fingerprint density at radius 2 is 1.80 bits per heavy atom. The molecule has 0 amide bonds. The molecule has 20 heavy (non-hydrogen) atoms. The van der Waals surface area contributed by atoms with Crippen molar-refractivity contribution in [2.24, 2.45) is 0 Å². The first kappa shape index (κ1) is 12.7. The number of hydrogen-bond acceptors (Lipinski definition) is 4. The highest BCUT2D eigenvalue weighted by Crippen LogP contribution is 2.36. The number of H-pyrrole nitrogens is 1. The molecule has 6 heteroatoms. The third-order valence-corrected chi connectivity index (χ3v) is 3.43. The maximum absolute atomic E-state index is 11.1. The topological polar surface area (TPSA) is 84.9 Å². The molecule has 2 aromatic heterocycles. The van der Waals surface area contributed by atoms with Crippen LogP contribution in [0.1, 0.15) is 0 Å². The maximum atomic E-state index is 11.1. The van der Waals surface area contributed by atoms with Gasteiger partial charge < -0.3 is 15.2 Å². The molecular formula is C14H10BrN3O2. The largest absolute Gasteiger partial charge is 0.380 e. The Morgan fingerprint density at radius 3 is 2.45 bits per heavy atom. The Balaban J connectivity index is 2.16. The molecule has 100 valence electrons. The standard InChI is InChI=1S/C14H10BrN3O2/c15-10-4-1-8(2-5-10)12-13(20-18-14(12)16)9-3-6-11(19)17-7-9/h1-7H,(H2,16,18)(H,17,19). The lowest BCUT2D eigenvalue weighted by atomic mass is 10.0. The molecular weight excluding hydrogens is 322 g/mol. The lowest BCUT2D eigenvalue weighted by Gasteiger charge is -2.02. The molecule has 2 heterocycles. The molecule has 0 saturated heterocycles. The van der Waals surface area contributed by atoms with E-state index in [9.17, 15) is 4.79 Å². The molecule has 3 aromatic rings. The van der Waals surface area contributed by atoms with Crippen molar-refractivity contribution in [3.63, 3.8) is 0 Å². The van der Waals surface area contributed by atoms with Crippen LogP contribution in [0.5, 0.6) is 0 Å². The molecule has 5 nitrogen and oxygen atoms in total. The molecule has 0 aliphatic carbocycles. The first-order chi connectivity index (χ1) is 9.65. The summed E-state index contributed by atoms with van der Waals surface area (Å²) in [6.45, 7) is 0. The van der Waals surface area contributed by atoms with E-state index in [-0.39, 0.29) is 5.56 Å². The molecule has 0 saturated carbocycles. The summed E-state index contributed by atoms with van der Waals surface area (Å²) in [5.74, 6) is 0.842. The monoisotopic (exact) mass is 331 g/mol. The highest BCUT2D eigenvalue weighted by atomic mass is 79.9. The number of nitrogens with one attached hydrogen (secondary N) is 1. The zero-order chi connectivity index (χ0) is 14.1. The number of rotatable bonds is 2. The molecule has 3 rings (SSSR count). The summed E-state index contributed by atoms with van der Waals surface area (Å²) in [6, 6.07) is 10.8. The summed E-state index contributed by atoms with van der Waals surface area (Å²) in [5.41, 5.74) is 8.04. The Hall–Kier alpha value is -2.34. The van der Waals surface area contributed by atoms with Crippen LogP contribution >= 0.6 is 15.9 Å². The lowest BCUT2D eigenvalue weighted by molar-refractivity contribution is 0.436. The Bertz CT molecular complexity index is 786. The molecule has 3 N–H and O–H groups in total. The van der Waals surface area contributed by atoms with Crippen molar-refractivity contribution in [2.45, 2.75) is 0 Å². The van der Waals surface area contributed by atoms with Gasteiger partial charge in [-0.2, -0.15) is 0 Å². The molecule has 0 atom stereocenters. The number of benzene rings is 1. The SMILES string of the molecule is Nc1noc(-c2ccc(=O)[nH]c2)c1-c1ccc(Br)cc1. The molecule has 0 aliphatic heterocycles. The predicted octanol–water partition coefficient (Wildman–Crippen LogP) is 3.04. The Morgan fingerprint density at radius 1 is 1.10 bits per heavy atom. The fourth-order valence-corrected chi connectivity index (χ4v) is 2.21. The van der Waals surface area contributed by atoms with Gasteiger partial charge in [-0.1, -0.05) is 33.2 Å². The van der Waals surface area contributed by atoms with Crippen LogP contribution in [0.3, 0.4) is 0 Å². The molecule has 0 spiro atoms. The van der Waals surface area contributed by atoms with Crippen molar-refractivity contribution in [2.75, 3.05) is 5.73 Å². The van der Waals surface area contributed by atoms with Crippen LogP contribution in [0.2, 0.25) is 0 Å². The van der Waals surface area contributed by atoms with Crippen LogP contribution in [0.15, 0.2) is 56.4 Å². The average Bonchev–Trinajstić information content (AvgIpc) is 2.83. The van der Waals surface area contributed by atoms with Gasteiger partial charge in [-0.15, -0.1) is 0 Å². The van der Waals surface area contributed by atoms with Crippen LogP contribution in [0.25, 0.3) is 22.5 Å². The van der Waals surface area contributed by atoms with Gasteiger partial charge in [-0.05, 0) is 23.8 Å². The minimum absolute atomic E-state index is 0.175. The van der Waals surface area contributed by atoms with Gasteiger partial charge in [0.2, 0.25) is 5.56 Å². The summed E-state index contributed by atoms with van der Waals surface area (Å²) in [6.07, 6.45) is 1.57. The van der Waals surface area contributed by atoms with Crippen molar-refractivity contribution in [1.82, 2.24) is 10.1 Å². The predicted molar refractivity (Wildman–Crippen MR) is 80.1 cm³/mol. The molecule has 0 bridgehead atoms.